The van der Waals surface area contributed by atoms with E-state index in [1.807, 2.05) is 26.0 Å². The summed E-state index contributed by atoms with van der Waals surface area (Å²) in [5, 5.41) is 11.1. The summed E-state index contributed by atoms with van der Waals surface area (Å²) >= 11 is 5.87. The van der Waals surface area contributed by atoms with Gasteiger partial charge in [0.05, 0.1) is 16.9 Å². The van der Waals surface area contributed by atoms with Gasteiger partial charge >= 0.3 is 0 Å². The maximum absolute atomic E-state index is 12.1. The molecular weight excluding hydrogens is 323 g/mol. The molecular formula is C15H20Cl2N4O. The first-order chi connectivity index (χ1) is 10.1. The average molecular weight is 343 g/mol. The summed E-state index contributed by atoms with van der Waals surface area (Å²) in [5.74, 6) is -0.106. The van der Waals surface area contributed by atoms with Crippen molar-refractivity contribution in [3.8, 4) is 5.69 Å². The zero-order valence-electron chi connectivity index (χ0n) is 12.6. The Bertz CT molecular complexity index is 611. The van der Waals surface area contributed by atoms with Crippen LogP contribution >= 0.6 is 24.0 Å². The smallest absolute Gasteiger partial charge is 0.254 e. The Morgan fingerprint density at radius 2 is 1.95 bits per heavy atom. The minimum atomic E-state index is -0.106. The Morgan fingerprint density at radius 3 is 2.59 bits per heavy atom. The number of aryl methyl sites for hydroxylation is 1. The molecule has 7 heteroatoms. The molecule has 120 valence electrons. The Labute approximate surface area is 141 Å². The summed E-state index contributed by atoms with van der Waals surface area (Å²) in [5.41, 5.74) is 2.15. The van der Waals surface area contributed by atoms with E-state index in [0.29, 0.717) is 22.8 Å². The Hall–Kier alpha value is -1.56. The van der Waals surface area contributed by atoms with Crippen molar-refractivity contribution in [3.05, 3.63) is 46.7 Å². The van der Waals surface area contributed by atoms with Crippen LogP contribution in [0.5, 0.6) is 0 Å². The highest BCUT2D eigenvalue weighted by Crippen LogP contribution is 2.15. The van der Waals surface area contributed by atoms with Crippen LogP contribution in [0.4, 0.5) is 0 Å². The van der Waals surface area contributed by atoms with E-state index in [0.717, 1.165) is 18.8 Å². The first-order valence-electron chi connectivity index (χ1n) is 6.93. The standard InChI is InChI=1S/C15H19ClN4O.ClH/c1-3-17-8-9-18-15(21)14-10-20(19-11(14)2)13-6-4-12(16)5-7-13;/h4-7,10,17H,3,8-9H2,1-2H3,(H,18,21);1H. The number of carbonyl (C=O) groups excluding carboxylic acids is 1. The number of nitrogens with zero attached hydrogens (tertiary/aromatic N) is 2. The molecule has 0 fully saturated rings. The lowest BCUT2D eigenvalue weighted by molar-refractivity contribution is 0.0953. The third kappa shape index (κ3) is 4.73. The number of aromatic nitrogens is 2. The second kappa shape index (κ2) is 8.78. The maximum atomic E-state index is 12.1. The maximum Gasteiger partial charge on any atom is 0.254 e. The van der Waals surface area contributed by atoms with Gasteiger partial charge in [-0.05, 0) is 37.7 Å². The van der Waals surface area contributed by atoms with Gasteiger partial charge in [0, 0.05) is 24.3 Å². The molecule has 0 aliphatic rings. The molecule has 0 radical (unpaired) electrons. The molecule has 1 aromatic heterocycles. The Morgan fingerprint density at radius 1 is 1.27 bits per heavy atom. The predicted octanol–water partition coefficient (Wildman–Crippen LogP) is 2.60. The lowest BCUT2D eigenvalue weighted by Gasteiger charge is -2.04. The molecule has 2 N–H and O–H groups in total. The van der Waals surface area contributed by atoms with Crippen molar-refractivity contribution >= 4 is 29.9 Å². The van der Waals surface area contributed by atoms with Gasteiger partial charge in [-0.3, -0.25) is 4.79 Å². The van der Waals surface area contributed by atoms with Gasteiger partial charge in [0.1, 0.15) is 0 Å². The molecule has 1 aromatic carbocycles. The largest absolute Gasteiger partial charge is 0.351 e. The first-order valence-corrected chi connectivity index (χ1v) is 7.30. The highest BCUT2D eigenvalue weighted by atomic mass is 35.5. The van der Waals surface area contributed by atoms with E-state index in [4.69, 9.17) is 11.6 Å². The van der Waals surface area contributed by atoms with E-state index in [-0.39, 0.29) is 18.3 Å². The number of rotatable bonds is 6. The molecule has 0 spiro atoms. The average Bonchev–Trinajstić information content (AvgIpc) is 2.86. The molecule has 0 bridgehead atoms. The number of halogens is 2. The number of nitrogens with one attached hydrogen (secondary N) is 2. The van der Waals surface area contributed by atoms with Crippen LogP contribution in [0.2, 0.25) is 5.02 Å². The second-order valence-corrected chi connectivity index (χ2v) is 5.10. The van der Waals surface area contributed by atoms with Crippen LogP contribution in [0, 0.1) is 6.92 Å². The fourth-order valence-corrected chi connectivity index (χ4v) is 2.07. The normalized spacial score (nSPS) is 10.1. The molecule has 0 aliphatic carbocycles. The third-order valence-corrected chi connectivity index (χ3v) is 3.32. The summed E-state index contributed by atoms with van der Waals surface area (Å²) in [7, 11) is 0. The van der Waals surface area contributed by atoms with Gasteiger partial charge in [0.2, 0.25) is 0 Å². The van der Waals surface area contributed by atoms with E-state index < -0.39 is 0 Å². The topological polar surface area (TPSA) is 58.9 Å². The minimum Gasteiger partial charge on any atom is -0.351 e. The van der Waals surface area contributed by atoms with Crippen LogP contribution in [0.15, 0.2) is 30.5 Å². The van der Waals surface area contributed by atoms with Gasteiger partial charge in [-0.1, -0.05) is 18.5 Å². The van der Waals surface area contributed by atoms with E-state index in [2.05, 4.69) is 15.7 Å². The molecule has 0 saturated heterocycles. The van der Waals surface area contributed by atoms with Crippen LogP contribution < -0.4 is 10.6 Å². The highest BCUT2D eigenvalue weighted by Gasteiger charge is 2.13. The van der Waals surface area contributed by atoms with Crippen molar-refractivity contribution in [2.24, 2.45) is 0 Å². The van der Waals surface area contributed by atoms with E-state index in [1.165, 1.54) is 0 Å². The van der Waals surface area contributed by atoms with Gasteiger partial charge in [0.15, 0.2) is 0 Å². The van der Waals surface area contributed by atoms with Crippen LogP contribution in [0.1, 0.15) is 23.0 Å². The van der Waals surface area contributed by atoms with Crippen molar-refractivity contribution in [2.75, 3.05) is 19.6 Å². The number of carbonyl (C=O) groups is 1. The zero-order valence-corrected chi connectivity index (χ0v) is 14.2. The molecule has 0 unspecified atom stereocenters. The van der Waals surface area contributed by atoms with Crippen molar-refractivity contribution < 1.29 is 4.79 Å². The molecule has 0 saturated carbocycles. The number of likely N-dealkylation sites (N-methyl/N-ethyl adjacent to an activating group) is 1. The molecule has 2 aromatic rings. The van der Waals surface area contributed by atoms with Crippen molar-refractivity contribution in [3.63, 3.8) is 0 Å². The van der Waals surface area contributed by atoms with Crippen LogP contribution in [-0.4, -0.2) is 35.3 Å². The van der Waals surface area contributed by atoms with Crippen LogP contribution in [-0.2, 0) is 0 Å². The van der Waals surface area contributed by atoms with Crippen LogP contribution in [0.3, 0.4) is 0 Å². The van der Waals surface area contributed by atoms with E-state index in [1.54, 1.807) is 23.0 Å². The molecule has 0 aliphatic heterocycles. The molecule has 2 rings (SSSR count). The first kappa shape index (κ1) is 18.5. The molecule has 0 atom stereocenters. The molecule has 1 amide bonds. The lowest BCUT2D eigenvalue weighted by atomic mass is 10.2. The molecule has 22 heavy (non-hydrogen) atoms. The van der Waals surface area contributed by atoms with Crippen LogP contribution in [0.25, 0.3) is 5.69 Å². The third-order valence-electron chi connectivity index (χ3n) is 3.07. The number of hydrogen-bond donors (Lipinski definition) is 2. The van der Waals surface area contributed by atoms with Gasteiger partial charge < -0.3 is 10.6 Å². The number of hydrogen-bond acceptors (Lipinski definition) is 3. The summed E-state index contributed by atoms with van der Waals surface area (Å²) in [6.45, 7) is 6.10. The molecule has 5 nitrogen and oxygen atoms in total. The summed E-state index contributed by atoms with van der Waals surface area (Å²) in [4.78, 5) is 12.1. The van der Waals surface area contributed by atoms with Crippen molar-refractivity contribution in [2.45, 2.75) is 13.8 Å². The SMILES string of the molecule is CCNCCNC(=O)c1cn(-c2ccc(Cl)cc2)nc1C.Cl. The predicted molar refractivity (Wildman–Crippen MR) is 91.4 cm³/mol. The summed E-state index contributed by atoms with van der Waals surface area (Å²) in [6.07, 6.45) is 1.74. The summed E-state index contributed by atoms with van der Waals surface area (Å²) < 4.78 is 1.69. The Kier molecular flexibility index (Phi) is 7.38. The Balaban J connectivity index is 0.00000242. The second-order valence-electron chi connectivity index (χ2n) is 4.66. The quantitative estimate of drug-likeness (QED) is 0.793. The fourth-order valence-electron chi connectivity index (χ4n) is 1.95. The van der Waals surface area contributed by atoms with Gasteiger partial charge in [-0.15, -0.1) is 12.4 Å². The molecule has 1 heterocycles. The monoisotopic (exact) mass is 342 g/mol. The number of amides is 1. The zero-order chi connectivity index (χ0) is 15.2. The van der Waals surface area contributed by atoms with E-state index in [9.17, 15) is 4.79 Å². The number of benzene rings is 1. The van der Waals surface area contributed by atoms with Gasteiger partial charge in [0.25, 0.3) is 5.91 Å². The van der Waals surface area contributed by atoms with E-state index >= 15 is 0 Å². The van der Waals surface area contributed by atoms with Crippen molar-refractivity contribution in [1.82, 2.24) is 20.4 Å². The van der Waals surface area contributed by atoms with Gasteiger partial charge in [-0.2, -0.15) is 5.10 Å². The van der Waals surface area contributed by atoms with Gasteiger partial charge in [-0.25, -0.2) is 4.68 Å². The highest BCUT2D eigenvalue weighted by molar-refractivity contribution is 6.30. The van der Waals surface area contributed by atoms with Crippen molar-refractivity contribution in [1.29, 1.82) is 0 Å². The fraction of sp³-hybridized carbons (Fsp3) is 0.333. The minimum absolute atomic E-state index is 0. The summed E-state index contributed by atoms with van der Waals surface area (Å²) in [6, 6.07) is 7.32. The lowest BCUT2D eigenvalue weighted by Crippen LogP contribution is -2.31.